The van der Waals surface area contributed by atoms with Crippen LogP contribution in [0.5, 0.6) is 0 Å². The number of halogens is 3. The van der Waals surface area contributed by atoms with Crippen molar-refractivity contribution in [2.24, 2.45) is 0 Å². The van der Waals surface area contributed by atoms with Gasteiger partial charge in [-0.05, 0) is 54.4 Å². The summed E-state index contributed by atoms with van der Waals surface area (Å²) in [7, 11) is 0. The molecule has 0 bridgehead atoms. The molecule has 4 aromatic rings. The highest BCUT2D eigenvalue weighted by Gasteiger charge is 2.28. The number of nitrogens with one attached hydrogen (secondary N) is 4. The summed E-state index contributed by atoms with van der Waals surface area (Å²) < 4.78 is 41.7. The van der Waals surface area contributed by atoms with E-state index in [1.807, 2.05) is 6.92 Å². The van der Waals surface area contributed by atoms with Gasteiger partial charge >= 0.3 is 6.03 Å². The number of anilines is 2. The van der Waals surface area contributed by atoms with Gasteiger partial charge in [-0.2, -0.15) is 0 Å². The lowest BCUT2D eigenvalue weighted by molar-refractivity contribution is 0.0966. The van der Waals surface area contributed by atoms with Crippen LogP contribution in [0.3, 0.4) is 0 Å². The third-order valence-electron chi connectivity index (χ3n) is 5.56. The molecule has 10 heteroatoms. The summed E-state index contributed by atoms with van der Waals surface area (Å²) in [5, 5.41) is 7.50. The van der Waals surface area contributed by atoms with Gasteiger partial charge in [0, 0.05) is 47.0 Å². The fourth-order valence-corrected chi connectivity index (χ4v) is 4.08. The Labute approximate surface area is 197 Å². The Balaban J connectivity index is 1.42. The molecule has 0 fully saturated rings. The first kappa shape index (κ1) is 22.2. The molecule has 0 radical (unpaired) electrons. The number of rotatable bonds is 4. The number of nitrogens with zero attached hydrogens (tertiary/aromatic N) is 1. The van der Waals surface area contributed by atoms with Crippen molar-refractivity contribution in [3.05, 3.63) is 89.0 Å². The van der Waals surface area contributed by atoms with Gasteiger partial charge in [-0.3, -0.25) is 4.79 Å². The molecule has 1 aliphatic heterocycles. The van der Waals surface area contributed by atoms with E-state index in [0.29, 0.717) is 34.1 Å². The van der Waals surface area contributed by atoms with Crippen molar-refractivity contribution in [1.29, 1.82) is 0 Å². The van der Waals surface area contributed by atoms with Crippen molar-refractivity contribution in [2.45, 2.75) is 13.5 Å². The van der Waals surface area contributed by atoms with Crippen LogP contribution in [-0.2, 0) is 6.54 Å². The predicted octanol–water partition coefficient (Wildman–Crippen LogP) is 5.36. The number of H-pyrrole nitrogens is 1. The van der Waals surface area contributed by atoms with E-state index < -0.39 is 23.5 Å². The first-order valence-corrected chi connectivity index (χ1v) is 10.6. The zero-order valence-electron chi connectivity index (χ0n) is 18.3. The van der Waals surface area contributed by atoms with Gasteiger partial charge in [0.05, 0.1) is 5.56 Å². The van der Waals surface area contributed by atoms with Crippen molar-refractivity contribution in [2.75, 3.05) is 10.6 Å². The quantitative estimate of drug-likeness (QED) is 0.319. The number of fused-ring (bicyclic) bond motifs is 1. The number of aryl methyl sites for hydroxylation is 1. The average molecular weight is 477 g/mol. The minimum Gasteiger partial charge on any atom is -0.348 e. The standard InChI is InChI=1S/C25H18F3N5O2/c1-12-10-29-23(31-12)19-5-4-17(20-11-30-24(34)22(19)20)18-3-2-15(9-21(18)28)32-25(35)33-16-7-13(26)6-14(27)8-16/h2-10H,11H2,1H3,(H,29,31)(H,30,34)(H2,32,33,35). The Bertz CT molecular complexity index is 1480. The molecule has 0 aliphatic carbocycles. The van der Waals surface area contributed by atoms with E-state index >= 15 is 4.39 Å². The third-order valence-corrected chi connectivity index (χ3v) is 5.56. The molecular formula is C25H18F3N5O2. The summed E-state index contributed by atoms with van der Waals surface area (Å²) in [6.07, 6.45) is 1.66. The second kappa shape index (κ2) is 8.64. The molecule has 0 atom stereocenters. The fraction of sp³-hybridized carbons (Fsp3) is 0.0800. The maximum Gasteiger partial charge on any atom is 0.323 e. The molecule has 2 heterocycles. The average Bonchev–Trinajstić information content (AvgIpc) is 3.39. The summed E-state index contributed by atoms with van der Waals surface area (Å²) in [6.45, 7) is 2.09. The highest BCUT2D eigenvalue weighted by atomic mass is 19.1. The Morgan fingerprint density at radius 1 is 0.914 bits per heavy atom. The number of hydrogen-bond acceptors (Lipinski definition) is 3. The highest BCUT2D eigenvalue weighted by molar-refractivity contribution is 6.06. The van der Waals surface area contributed by atoms with E-state index in [1.54, 1.807) is 18.3 Å². The molecule has 1 aliphatic rings. The Hall–Kier alpha value is -4.60. The lowest BCUT2D eigenvalue weighted by atomic mass is 9.92. The third kappa shape index (κ3) is 4.33. The first-order chi connectivity index (χ1) is 16.8. The zero-order valence-corrected chi connectivity index (χ0v) is 18.3. The van der Waals surface area contributed by atoms with Crippen molar-refractivity contribution in [3.8, 4) is 22.5 Å². The molecule has 5 rings (SSSR count). The minimum absolute atomic E-state index is 0.0864. The van der Waals surface area contributed by atoms with Gasteiger partial charge in [0.15, 0.2) is 0 Å². The first-order valence-electron chi connectivity index (χ1n) is 10.6. The van der Waals surface area contributed by atoms with Crippen LogP contribution >= 0.6 is 0 Å². The number of hydrogen-bond donors (Lipinski definition) is 4. The largest absolute Gasteiger partial charge is 0.348 e. The SMILES string of the molecule is Cc1cnc(-c2ccc(-c3ccc(NC(=O)Nc4cc(F)cc(F)c4)cc3F)c3c2C(=O)NC3)[nH]1. The molecule has 3 aromatic carbocycles. The molecule has 3 amide bonds. The Morgan fingerprint density at radius 2 is 1.60 bits per heavy atom. The normalized spacial score (nSPS) is 12.3. The summed E-state index contributed by atoms with van der Waals surface area (Å²) in [6, 6.07) is 9.34. The van der Waals surface area contributed by atoms with Gasteiger partial charge in [0.1, 0.15) is 23.3 Å². The number of aromatic nitrogens is 2. The number of carbonyl (C=O) groups excluding carboxylic acids is 2. The second-order valence-electron chi connectivity index (χ2n) is 8.04. The van der Waals surface area contributed by atoms with E-state index in [9.17, 15) is 18.4 Å². The number of amides is 3. The summed E-state index contributed by atoms with van der Waals surface area (Å²) in [4.78, 5) is 32.2. The highest BCUT2D eigenvalue weighted by Crippen LogP contribution is 2.36. The van der Waals surface area contributed by atoms with Crippen LogP contribution in [0.15, 0.2) is 54.7 Å². The summed E-state index contributed by atoms with van der Waals surface area (Å²) in [5.41, 5.74) is 3.37. The van der Waals surface area contributed by atoms with Gasteiger partial charge < -0.3 is 20.9 Å². The fourth-order valence-electron chi connectivity index (χ4n) is 4.08. The van der Waals surface area contributed by atoms with E-state index in [-0.39, 0.29) is 29.4 Å². The molecule has 176 valence electrons. The maximum absolute atomic E-state index is 15.1. The molecule has 0 saturated heterocycles. The molecule has 7 nitrogen and oxygen atoms in total. The number of imidazole rings is 1. The molecule has 4 N–H and O–H groups in total. The Morgan fingerprint density at radius 3 is 2.29 bits per heavy atom. The van der Waals surface area contributed by atoms with Crippen molar-refractivity contribution in [1.82, 2.24) is 15.3 Å². The lowest BCUT2D eigenvalue weighted by Gasteiger charge is -2.13. The van der Waals surface area contributed by atoms with Crippen LogP contribution < -0.4 is 16.0 Å². The molecule has 0 spiro atoms. The molecular weight excluding hydrogens is 459 g/mol. The predicted molar refractivity (Wildman–Crippen MR) is 124 cm³/mol. The van der Waals surface area contributed by atoms with Crippen LogP contribution in [0.4, 0.5) is 29.3 Å². The van der Waals surface area contributed by atoms with E-state index in [0.717, 1.165) is 23.9 Å². The summed E-state index contributed by atoms with van der Waals surface area (Å²) >= 11 is 0. The van der Waals surface area contributed by atoms with Crippen molar-refractivity contribution < 1.29 is 22.8 Å². The molecule has 0 unspecified atom stereocenters. The number of urea groups is 1. The van der Waals surface area contributed by atoms with E-state index in [1.165, 1.54) is 12.1 Å². The van der Waals surface area contributed by atoms with Crippen molar-refractivity contribution in [3.63, 3.8) is 0 Å². The number of carbonyl (C=O) groups is 2. The van der Waals surface area contributed by atoms with Gasteiger partial charge in [-0.25, -0.2) is 22.9 Å². The molecule has 0 saturated carbocycles. The van der Waals surface area contributed by atoms with Gasteiger partial charge in [0.25, 0.3) is 5.91 Å². The van der Waals surface area contributed by atoms with Crippen molar-refractivity contribution >= 4 is 23.3 Å². The number of aromatic amines is 1. The van der Waals surface area contributed by atoms with Gasteiger partial charge in [-0.1, -0.05) is 6.07 Å². The lowest BCUT2D eigenvalue weighted by Crippen LogP contribution is -2.19. The molecule has 1 aromatic heterocycles. The van der Waals surface area contributed by atoms with Gasteiger partial charge in [-0.15, -0.1) is 0 Å². The number of benzene rings is 3. The monoisotopic (exact) mass is 477 g/mol. The van der Waals surface area contributed by atoms with Crippen LogP contribution in [0, 0.1) is 24.4 Å². The van der Waals surface area contributed by atoms with Crippen LogP contribution in [0.25, 0.3) is 22.5 Å². The van der Waals surface area contributed by atoms with Crippen LogP contribution in [-0.4, -0.2) is 21.9 Å². The topological polar surface area (TPSA) is 98.9 Å². The minimum atomic E-state index is -0.843. The summed E-state index contributed by atoms with van der Waals surface area (Å²) in [5.74, 6) is -2.03. The van der Waals surface area contributed by atoms with Gasteiger partial charge in [0.2, 0.25) is 0 Å². The Kier molecular flexibility index (Phi) is 5.48. The molecule has 35 heavy (non-hydrogen) atoms. The van der Waals surface area contributed by atoms with E-state index in [2.05, 4.69) is 25.9 Å². The van der Waals surface area contributed by atoms with Crippen LogP contribution in [0.1, 0.15) is 21.6 Å². The van der Waals surface area contributed by atoms with E-state index in [4.69, 9.17) is 0 Å². The smallest absolute Gasteiger partial charge is 0.323 e. The van der Waals surface area contributed by atoms with Crippen LogP contribution in [0.2, 0.25) is 0 Å². The second-order valence-corrected chi connectivity index (χ2v) is 8.04. The maximum atomic E-state index is 15.1. The zero-order chi connectivity index (χ0) is 24.7.